The summed E-state index contributed by atoms with van der Waals surface area (Å²) in [5, 5.41) is 0.480. The fourth-order valence-corrected chi connectivity index (χ4v) is 3.06. The van der Waals surface area contributed by atoms with Crippen LogP contribution in [0.2, 0.25) is 5.02 Å². The molecule has 0 spiro atoms. The molecule has 22 heavy (non-hydrogen) atoms. The van der Waals surface area contributed by atoms with Crippen molar-refractivity contribution in [1.82, 2.24) is 14.1 Å². The molecule has 0 saturated heterocycles. The topological polar surface area (TPSA) is 80.5 Å². The Hall–Kier alpha value is -2.38. The quantitative estimate of drug-likeness (QED) is 0.795. The zero-order valence-electron chi connectivity index (χ0n) is 11.1. The van der Waals surface area contributed by atoms with Crippen molar-refractivity contribution in [3.05, 3.63) is 65.6 Å². The lowest BCUT2D eigenvalue weighted by Crippen LogP contribution is -2.30. The Labute approximate surface area is 131 Å². The van der Waals surface area contributed by atoms with Gasteiger partial charge in [0.25, 0.3) is 15.9 Å². The number of hydrogen-bond donors (Lipinski definition) is 1. The Morgan fingerprint density at radius 1 is 1.09 bits per heavy atom. The maximum atomic E-state index is 12.1. The van der Waals surface area contributed by atoms with Gasteiger partial charge in [0.2, 0.25) is 0 Å². The molecule has 1 aromatic carbocycles. The third kappa shape index (κ3) is 2.81. The average molecular weight is 336 g/mol. The van der Waals surface area contributed by atoms with Gasteiger partial charge >= 0.3 is 0 Å². The summed E-state index contributed by atoms with van der Waals surface area (Å²) in [7, 11) is -3.93. The molecule has 0 aliphatic carbocycles. The zero-order chi connectivity index (χ0) is 15.7. The number of halogens is 1. The molecule has 2 aromatic heterocycles. The van der Waals surface area contributed by atoms with Gasteiger partial charge in [-0.05, 0) is 24.3 Å². The van der Waals surface area contributed by atoms with Gasteiger partial charge in [-0.15, -0.1) is 0 Å². The van der Waals surface area contributed by atoms with Crippen LogP contribution in [0.4, 0.5) is 0 Å². The Morgan fingerprint density at radius 2 is 1.82 bits per heavy atom. The standard InChI is InChI=1S/C14H10ClN3O3S/c15-10-6-7-13-16-12(9-18(13)8-10)14(19)17-22(20,21)11-4-2-1-3-5-11/h1-9H,(H,17,19). The summed E-state index contributed by atoms with van der Waals surface area (Å²) in [6, 6.07) is 10.9. The smallest absolute Gasteiger partial charge is 0.285 e. The van der Waals surface area contributed by atoms with E-state index in [-0.39, 0.29) is 10.6 Å². The van der Waals surface area contributed by atoms with Crippen LogP contribution in [0.3, 0.4) is 0 Å². The number of rotatable bonds is 3. The van der Waals surface area contributed by atoms with Gasteiger partial charge in [-0.1, -0.05) is 29.8 Å². The first kappa shape index (κ1) is 14.6. The van der Waals surface area contributed by atoms with Crippen LogP contribution < -0.4 is 4.72 Å². The summed E-state index contributed by atoms with van der Waals surface area (Å²) < 4.78 is 27.7. The van der Waals surface area contributed by atoms with Gasteiger partial charge in [0.05, 0.1) is 9.92 Å². The molecule has 0 bridgehead atoms. The van der Waals surface area contributed by atoms with Gasteiger partial charge in [0.15, 0.2) is 0 Å². The molecule has 0 aliphatic rings. The summed E-state index contributed by atoms with van der Waals surface area (Å²) in [5.41, 5.74) is 0.480. The molecule has 0 saturated carbocycles. The molecule has 8 heteroatoms. The molecule has 3 aromatic rings. The van der Waals surface area contributed by atoms with E-state index >= 15 is 0 Å². The molecule has 3 rings (SSSR count). The van der Waals surface area contributed by atoms with Crippen LogP contribution in [0.1, 0.15) is 10.5 Å². The van der Waals surface area contributed by atoms with Crippen molar-refractivity contribution in [3.8, 4) is 0 Å². The van der Waals surface area contributed by atoms with Gasteiger partial charge in [0.1, 0.15) is 11.3 Å². The molecule has 0 radical (unpaired) electrons. The third-order valence-corrected chi connectivity index (χ3v) is 4.50. The van der Waals surface area contributed by atoms with Crippen molar-refractivity contribution >= 4 is 33.2 Å². The number of nitrogens with zero attached hydrogens (tertiary/aromatic N) is 2. The lowest BCUT2D eigenvalue weighted by atomic mass is 10.4. The number of fused-ring (bicyclic) bond motifs is 1. The van der Waals surface area contributed by atoms with Crippen LogP contribution in [0.15, 0.2) is 59.8 Å². The minimum atomic E-state index is -3.93. The normalized spacial score (nSPS) is 11.5. The number of amides is 1. The number of nitrogens with one attached hydrogen (secondary N) is 1. The number of carbonyl (C=O) groups is 1. The lowest BCUT2D eigenvalue weighted by molar-refractivity contribution is 0.0977. The second-order valence-electron chi connectivity index (χ2n) is 4.49. The molecule has 0 unspecified atom stereocenters. The zero-order valence-corrected chi connectivity index (χ0v) is 12.7. The second kappa shape index (κ2) is 5.43. The van der Waals surface area contributed by atoms with Gasteiger partial charge in [-0.3, -0.25) is 4.79 Å². The molecule has 0 aliphatic heterocycles. The Kier molecular flexibility index (Phi) is 3.59. The Bertz CT molecular complexity index is 952. The van der Waals surface area contributed by atoms with Crippen LogP contribution in [0.25, 0.3) is 5.65 Å². The van der Waals surface area contributed by atoms with Crippen LogP contribution in [0.5, 0.6) is 0 Å². The molecular formula is C14H10ClN3O3S. The summed E-state index contributed by atoms with van der Waals surface area (Å²) in [5.74, 6) is -0.802. The summed E-state index contributed by atoms with van der Waals surface area (Å²) in [6.07, 6.45) is 2.99. The van der Waals surface area contributed by atoms with Crippen molar-refractivity contribution in [2.75, 3.05) is 0 Å². The Morgan fingerprint density at radius 3 is 2.55 bits per heavy atom. The summed E-state index contributed by atoms with van der Waals surface area (Å²) >= 11 is 5.85. The van der Waals surface area contributed by atoms with Crippen LogP contribution in [0, 0.1) is 0 Å². The van der Waals surface area contributed by atoms with Gasteiger partial charge in [-0.25, -0.2) is 18.1 Å². The van der Waals surface area contributed by atoms with E-state index in [0.29, 0.717) is 10.7 Å². The number of carbonyl (C=O) groups excluding carboxylic acids is 1. The number of benzene rings is 1. The summed E-state index contributed by atoms with van der Waals surface area (Å²) in [6.45, 7) is 0. The van der Waals surface area contributed by atoms with Gasteiger partial charge < -0.3 is 4.40 Å². The van der Waals surface area contributed by atoms with E-state index in [1.807, 2.05) is 4.72 Å². The first-order chi connectivity index (χ1) is 10.5. The van der Waals surface area contributed by atoms with Crippen molar-refractivity contribution in [2.24, 2.45) is 0 Å². The number of sulfonamides is 1. The minimum Gasteiger partial charge on any atom is -0.305 e. The predicted octanol–water partition coefficient (Wildman–Crippen LogP) is 2.11. The SMILES string of the molecule is O=C(NS(=O)(=O)c1ccccc1)c1cn2cc(Cl)ccc2n1. The highest BCUT2D eigenvalue weighted by Gasteiger charge is 2.20. The van der Waals surface area contributed by atoms with E-state index in [1.165, 1.54) is 18.3 Å². The minimum absolute atomic E-state index is 0.00941. The molecule has 1 N–H and O–H groups in total. The van der Waals surface area contributed by atoms with E-state index in [9.17, 15) is 13.2 Å². The maximum absolute atomic E-state index is 12.1. The largest absolute Gasteiger partial charge is 0.305 e. The molecule has 1 amide bonds. The van der Waals surface area contributed by atoms with Crippen molar-refractivity contribution in [3.63, 3.8) is 0 Å². The molecular weight excluding hydrogens is 326 g/mol. The third-order valence-electron chi connectivity index (χ3n) is 2.93. The summed E-state index contributed by atoms with van der Waals surface area (Å²) in [4.78, 5) is 16.2. The second-order valence-corrected chi connectivity index (χ2v) is 6.61. The van der Waals surface area contributed by atoms with Gasteiger partial charge in [-0.2, -0.15) is 0 Å². The van der Waals surface area contributed by atoms with E-state index in [2.05, 4.69) is 4.98 Å². The van der Waals surface area contributed by atoms with Crippen molar-refractivity contribution < 1.29 is 13.2 Å². The number of pyridine rings is 1. The maximum Gasteiger partial charge on any atom is 0.285 e. The lowest BCUT2D eigenvalue weighted by Gasteiger charge is -2.04. The first-order valence-corrected chi connectivity index (χ1v) is 8.08. The molecule has 0 atom stereocenters. The monoisotopic (exact) mass is 335 g/mol. The van der Waals surface area contributed by atoms with Crippen LogP contribution in [-0.2, 0) is 10.0 Å². The fourth-order valence-electron chi connectivity index (χ4n) is 1.91. The van der Waals surface area contributed by atoms with E-state index in [4.69, 9.17) is 11.6 Å². The van der Waals surface area contributed by atoms with E-state index < -0.39 is 15.9 Å². The van der Waals surface area contributed by atoms with Crippen LogP contribution >= 0.6 is 11.6 Å². The first-order valence-electron chi connectivity index (χ1n) is 6.22. The predicted molar refractivity (Wildman–Crippen MR) is 81.3 cm³/mol. The highest BCUT2D eigenvalue weighted by molar-refractivity contribution is 7.90. The number of imidazole rings is 1. The van der Waals surface area contributed by atoms with Crippen LogP contribution in [-0.4, -0.2) is 23.7 Å². The fraction of sp³-hybridized carbons (Fsp3) is 0. The van der Waals surface area contributed by atoms with Crippen molar-refractivity contribution in [1.29, 1.82) is 0 Å². The molecule has 6 nitrogen and oxygen atoms in total. The molecule has 112 valence electrons. The van der Waals surface area contributed by atoms with E-state index in [0.717, 1.165) is 0 Å². The highest BCUT2D eigenvalue weighted by Crippen LogP contribution is 2.13. The number of aromatic nitrogens is 2. The van der Waals surface area contributed by atoms with Crippen molar-refractivity contribution in [2.45, 2.75) is 4.90 Å². The molecule has 0 fully saturated rings. The average Bonchev–Trinajstić information content (AvgIpc) is 2.91. The Balaban J connectivity index is 1.90. The molecule has 2 heterocycles. The number of hydrogen-bond acceptors (Lipinski definition) is 4. The van der Waals surface area contributed by atoms with Gasteiger partial charge in [0, 0.05) is 12.4 Å². The highest BCUT2D eigenvalue weighted by atomic mass is 35.5. The van der Waals surface area contributed by atoms with E-state index in [1.54, 1.807) is 40.9 Å².